The molecule has 0 radical (unpaired) electrons. The maximum absolute atomic E-state index is 13.9. The van der Waals surface area contributed by atoms with Gasteiger partial charge in [0.05, 0.1) is 12.2 Å². The smallest absolute Gasteiger partial charge is 0.344 e. The number of nitrogens with zero attached hydrogens (tertiary/aromatic N) is 3. The first-order chi connectivity index (χ1) is 16.8. The van der Waals surface area contributed by atoms with Gasteiger partial charge < -0.3 is 25.2 Å². The Morgan fingerprint density at radius 2 is 1.77 bits per heavy atom. The van der Waals surface area contributed by atoms with Crippen LogP contribution in [-0.2, 0) is 6.61 Å². The highest BCUT2D eigenvalue weighted by Crippen LogP contribution is 2.31. The zero-order chi connectivity index (χ0) is 25.4. The van der Waals surface area contributed by atoms with E-state index < -0.39 is 41.4 Å². The molecule has 1 saturated heterocycles. The third-order valence-corrected chi connectivity index (χ3v) is 6.34. The Morgan fingerprint density at radius 1 is 1.14 bits per heavy atom. The summed E-state index contributed by atoms with van der Waals surface area (Å²) in [7, 11) is 0. The van der Waals surface area contributed by atoms with E-state index in [1.165, 1.54) is 0 Å². The topological polar surface area (TPSA) is 127 Å². The summed E-state index contributed by atoms with van der Waals surface area (Å²) in [6.45, 7) is 4.94. The molecular formula is C21H26ClF2N5O5S. The van der Waals surface area contributed by atoms with Crippen LogP contribution in [-0.4, -0.2) is 88.8 Å². The van der Waals surface area contributed by atoms with Crippen LogP contribution < -0.4 is 15.4 Å². The van der Waals surface area contributed by atoms with Crippen LogP contribution in [0.1, 0.15) is 22.3 Å². The van der Waals surface area contributed by atoms with Gasteiger partial charge >= 0.3 is 12.0 Å². The number of hydrogen-bond acceptors (Lipinski definition) is 8. The van der Waals surface area contributed by atoms with Crippen LogP contribution in [0.25, 0.3) is 0 Å². The van der Waals surface area contributed by atoms with Crippen LogP contribution in [0.2, 0.25) is 5.02 Å². The molecule has 1 fully saturated rings. The molecule has 10 nitrogen and oxygen atoms in total. The summed E-state index contributed by atoms with van der Waals surface area (Å²) in [5.74, 6) is -3.66. The number of ether oxygens (including phenoxy) is 1. The fourth-order valence-electron chi connectivity index (χ4n) is 3.53. The zero-order valence-corrected chi connectivity index (χ0v) is 20.3. The molecule has 0 unspecified atom stereocenters. The number of hydrogen-bond donors (Lipinski definition) is 4. The van der Waals surface area contributed by atoms with Gasteiger partial charge in [-0.1, -0.05) is 11.6 Å². The fourth-order valence-corrected chi connectivity index (χ4v) is 4.44. The summed E-state index contributed by atoms with van der Waals surface area (Å²) in [4.78, 5) is 28.4. The normalized spacial score (nSPS) is 14.6. The highest BCUT2D eigenvalue weighted by atomic mass is 35.5. The van der Waals surface area contributed by atoms with Gasteiger partial charge in [0.15, 0.2) is 5.56 Å². The summed E-state index contributed by atoms with van der Waals surface area (Å²) in [5, 5.41) is 23.4. The van der Waals surface area contributed by atoms with Crippen LogP contribution in [0.3, 0.4) is 0 Å². The second-order valence-electron chi connectivity index (χ2n) is 7.78. The molecule has 0 bridgehead atoms. The first-order valence-corrected chi connectivity index (χ1v) is 12.0. The summed E-state index contributed by atoms with van der Waals surface area (Å²) >= 11 is 6.27. The fraction of sp³-hybridized carbons (Fsp3) is 0.476. The van der Waals surface area contributed by atoms with E-state index in [1.807, 2.05) is 0 Å². The van der Waals surface area contributed by atoms with E-state index in [9.17, 15) is 23.5 Å². The number of carbonyl (C=O) groups excluding carboxylic acids is 1. The summed E-state index contributed by atoms with van der Waals surface area (Å²) in [6.07, 6.45) is 0.703. The molecule has 35 heavy (non-hydrogen) atoms. The van der Waals surface area contributed by atoms with Crippen LogP contribution in [0.5, 0.6) is 5.88 Å². The third kappa shape index (κ3) is 7.70. The number of carboxylic acids is 1. The number of aromatic carboxylic acids is 1. The Labute approximate surface area is 209 Å². The molecular weight excluding hydrogens is 508 g/mol. The number of benzene rings is 1. The molecule has 192 valence electrons. The predicted octanol–water partition coefficient (Wildman–Crippen LogP) is 2.47. The van der Waals surface area contributed by atoms with E-state index in [2.05, 4.69) is 24.8 Å². The molecule has 14 heteroatoms. The number of aliphatic hydroxyl groups is 1. The Bertz CT molecular complexity index is 1010. The van der Waals surface area contributed by atoms with E-state index in [4.69, 9.17) is 21.4 Å². The molecule has 0 spiro atoms. The van der Waals surface area contributed by atoms with Gasteiger partial charge in [-0.25, -0.2) is 18.4 Å². The molecule has 1 aliphatic rings. The summed E-state index contributed by atoms with van der Waals surface area (Å²) in [5.41, 5.74) is -0.846. The van der Waals surface area contributed by atoms with Gasteiger partial charge in [0, 0.05) is 44.3 Å². The summed E-state index contributed by atoms with van der Waals surface area (Å²) < 4.78 is 37.0. The Balaban J connectivity index is 1.48. The Morgan fingerprint density at radius 3 is 2.37 bits per heavy atom. The Kier molecular flexibility index (Phi) is 9.98. The molecule has 1 aromatic carbocycles. The minimum atomic E-state index is -1.42. The standard InChI is InChI=1S/C21H26ClF2N5O5S/c22-13-10-15(23)14(16(24)11-13)12-34-18-17(20(31)32)19(35-27-18)26-21(33)25-2-1-3-28-4-6-29(7-5-28)8-9-30/h10-11,30H,1-9,12H2,(H,31,32)(H2,25,26,33). The van der Waals surface area contributed by atoms with Crippen molar-refractivity contribution in [2.24, 2.45) is 0 Å². The van der Waals surface area contributed by atoms with E-state index in [-0.39, 0.29) is 22.5 Å². The van der Waals surface area contributed by atoms with Gasteiger partial charge in [0.2, 0.25) is 5.88 Å². The number of piperazine rings is 1. The monoisotopic (exact) mass is 533 g/mol. The third-order valence-electron chi connectivity index (χ3n) is 5.38. The number of aromatic nitrogens is 1. The minimum Gasteiger partial charge on any atom is -0.477 e. The summed E-state index contributed by atoms with van der Waals surface area (Å²) in [6, 6.07) is 1.22. The van der Waals surface area contributed by atoms with Crippen molar-refractivity contribution in [3.63, 3.8) is 0 Å². The zero-order valence-electron chi connectivity index (χ0n) is 18.7. The van der Waals surface area contributed by atoms with Crippen molar-refractivity contribution in [2.75, 3.05) is 57.7 Å². The molecule has 2 aromatic rings. The van der Waals surface area contributed by atoms with Crippen molar-refractivity contribution in [3.05, 3.63) is 39.9 Å². The molecule has 3 rings (SSSR count). The van der Waals surface area contributed by atoms with Crippen LogP contribution in [0, 0.1) is 11.6 Å². The van der Waals surface area contributed by atoms with Gasteiger partial charge in [0.1, 0.15) is 23.2 Å². The lowest BCUT2D eigenvalue weighted by atomic mass is 10.2. The van der Waals surface area contributed by atoms with Crippen molar-refractivity contribution in [2.45, 2.75) is 13.0 Å². The first kappa shape index (κ1) is 27.0. The molecule has 0 atom stereocenters. The number of anilines is 1. The molecule has 1 aromatic heterocycles. The van der Waals surface area contributed by atoms with Gasteiger partial charge in [0.25, 0.3) is 0 Å². The maximum Gasteiger partial charge on any atom is 0.344 e. The molecule has 4 N–H and O–H groups in total. The highest BCUT2D eigenvalue weighted by Gasteiger charge is 2.24. The van der Waals surface area contributed by atoms with E-state index in [0.717, 1.165) is 44.9 Å². The highest BCUT2D eigenvalue weighted by molar-refractivity contribution is 7.11. The van der Waals surface area contributed by atoms with Crippen molar-refractivity contribution in [1.82, 2.24) is 19.5 Å². The quantitative estimate of drug-likeness (QED) is 0.324. The van der Waals surface area contributed by atoms with Gasteiger partial charge in [-0.15, -0.1) is 0 Å². The van der Waals surface area contributed by atoms with Crippen LogP contribution in [0.15, 0.2) is 12.1 Å². The maximum atomic E-state index is 13.9. The molecule has 1 aliphatic heterocycles. The Hall–Kier alpha value is -2.58. The largest absolute Gasteiger partial charge is 0.477 e. The number of carbonyl (C=O) groups is 2. The van der Waals surface area contributed by atoms with Gasteiger partial charge in [-0.05, 0) is 36.6 Å². The number of amides is 2. The van der Waals surface area contributed by atoms with Crippen molar-refractivity contribution in [3.8, 4) is 5.88 Å². The van der Waals surface area contributed by atoms with Gasteiger partial charge in [-0.2, -0.15) is 4.37 Å². The van der Waals surface area contributed by atoms with Crippen LogP contribution in [0.4, 0.5) is 18.6 Å². The number of halogens is 3. The lowest BCUT2D eigenvalue weighted by molar-refractivity contribution is 0.0693. The average Bonchev–Trinajstić information content (AvgIpc) is 3.19. The van der Waals surface area contributed by atoms with Crippen LogP contribution >= 0.6 is 23.1 Å². The second-order valence-corrected chi connectivity index (χ2v) is 8.98. The molecule has 2 amide bonds. The minimum absolute atomic E-state index is 0.0675. The van der Waals surface area contributed by atoms with Crippen molar-refractivity contribution in [1.29, 1.82) is 0 Å². The predicted molar refractivity (Wildman–Crippen MR) is 126 cm³/mol. The van der Waals surface area contributed by atoms with E-state index >= 15 is 0 Å². The number of nitrogens with one attached hydrogen (secondary N) is 2. The lowest BCUT2D eigenvalue weighted by Gasteiger charge is -2.34. The molecule has 0 aliphatic carbocycles. The number of urea groups is 1. The van der Waals surface area contributed by atoms with E-state index in [1.54, 1.807) is 0 Å². The van der Waals surface area contributed by atoms with E-state index in [0.29, 0.717) is 31.0 Å². The van der Waals surface area contributed by atoms with Crippen molar-refractivity contribution < 1.29 is 33.3 Å². The molecule has 2 heterocycles. The van der Waals surface area contributed by atoms with Gasteiger partial charge in [-0.3, -0.25) is 10.2 Å². The lowest BCUT2D eigenvalue weighted by Crippen LogP contribution is -2.47. The van der Waals surface area contributed by atoms with Crippen molar-refractivity contribution >= 4 is 40.1 Å². The number of carboxylic acid groups (broad SMARTS) is 1. The number of aliphatic hydroxyl groups excluding tert-OH is 1. The SMILES string of the molecule is O=C(NCCCN1CCN(CCO)CC1)Nc1snc(OCc2c(F)cc(Cl)cc2F)c1C(=O)O. The molecule has 0 saturated carbocycles. The number of rotatable bonds is 11. The number of β-amino-alcohol motifs (C(OH)–C–C–N with tert-alkyl or cyclic N) is 1. The first-order valence-electron chi connectivity index (χ1n) is 10.9. The average molecular weight is 534 g/mol. The second kappa shape index (κ2) is 12.9.